The second-order valence-electron chi connectivity index (χ2n) is 5.98. The number of aromatic nitrogens is 4. The first kappa shape index (κ1) is 14.9. The van der Waals surface area contributed by atoms with Crippen molar-refractivity contribution in [3.8, 4) is 6.07 Å². The Kier molecular flexibility index (Phi) is 3.39. The minimum absolute atomic E-state index is 0.197. The van der Waals surface area contributed by atoms with Crippen molar-refractivity contribution in [3.63, 3.8) is 0 Å². The van der Waals surface area contributed by atoms with Gasteiger partial charge in [-0.15, -0.1) is 0 Å². The molecule has 5 heterocycles. The van der Waals surface area contributed by atoms with E-state index in [4.69, 9.17) is 16.9 Å². The molecular weight excluding hydrogens is 330 g/mol. The van der Waals surface area contributed by atoms with E-state index in [1.54, 1.807) is 25.5 Å². The van der Waals surface area contributed by atoms with Gasteiger partial charge in [-0.1, -0.05) is 11.6 Å². The fourth-order valence-corrected chi connectivity index (χ4v) is 3.68. The molecule has 2 unspecified atom stereocenters. The predicted molar refractivity (Wildman–Crippen MR) is 88.1 cm³/mol. The summed E-state index contributed by atoms with van der Waals surface area (Å²) in [5.74, 6) is 0.586. The van der Waals surface area contributed by atoms with Crippen molar-refractivity contribution in [1.82, 2.24) is 19.7 Å². The van der Waals surface area contributed by atoms with E-state index < -0.39 is 0 Å². The lowest BCUT2D eigenvalue weighted by Crippen LogP contribution is -2.69. The summed E-state index contributed by atoms with van der Waals surface area (Å²) in [6.45, 7) is 1.43. The average Bonchev–Trinajstić information content (AvgIpc) is 2.60. The number of nitriles is 1. The molecule has 2 bridgehead atoms. The second kappa shape index (κ2) is 5.46. The number of aryl methyl sites for hydroxylation is 1. The van der Waals surface area contributed by atoms with Crippen molar-refractivity contribution < 1.29 is 0 Å². The van der Waals surface area contributed by atoms with Crippen molar-refractivity contribution in [1.29, 1.82) is 5.26 Å². The SMILES string of the molecule is Cn1ncc(N2CC3CC(C2)N3c2nccc(C#N)n2)c(Cl)c1=O. The molecule has 0 aromatic carbocycles. The summed E-state index contributed by atoms with van der Waals surface area (Å²) >= 11 is 6.20. The van der Waals surface area contributed by atoms with Crippen molar-refractivity contribution in [2.45, 2.75) is 18.5 Å². The molecule has 0 amide bonds. The average molecular weight is 344 g/mol. The second-order valence-corrected chi connectivity index (χ2v) is 6.36. The van der Waals surface area contributed by atoms with Crippen LogP contribution in [0.4, 0.5) is 11.6 Å². The molecule has 0 N–H and O–H groups in total. The van der Waals surface area contributed by atoms with Crippen LogP contribution in [-0.2, 0) is 7.05 Å². The van der Waals surface area contributed by atoms with Gasteiger partial charge in [-0.2, -0.15) is 10.4 Å². The molecule has 9 heteroatoms. The number of fused-ring (bicyclic) bond motifs is 2. The van der Waals surface area contributed by atoms with Gasteiger partial charge in [-0.05, 0) is 12.5 Å². The third kappa shape index (κ3) is 2.20. The van der Waals surface area contributed by atoms with Crippen LogP contribution >= 0.6 is 11.6 Å². The van der Waals surface area contributed by atoms with Gasteiger partial charge >= 0.3 is 0 Å². The van der Waals surface area contributed by atoms with Crippen LogP contribution in [-0.4, -0.2) is 44.9 Å². The highest BCUT2D eigenvalue weighted by Gasteiger charge is 2.46. The maximum absolute atomic E-state index is 12.0. The fourth-order valence-electron chi connectivity index (χ4n) is 3.39. The molecule has 3 fully saturated rings. The maximum Gasteiger partial charge on any atom is 0.287 e. The summed E-state index contributed by atoms with van der Waals surface area (Å²) in [7, 11) is 1.58. The highest BCUT2D eigenvalue weighted by atomic mass is 35.5. The van der Waals surface area contributed by atoms with E-state index in [1.807, 2.05) is 6.07 Å². The minimum Gasteiger partial charge on any atom is -0.365 e. The van der Waals surface area contributed by atoms with Crippen LogP contribution in [0.1, 0.15) is 12.1 Å². The van der Waals surface area contributed by atoms with E-state index in [1.165, 1.54) is 4.68 Å². The van der Waals surface area contributed by atoms with Crippen molar-refractivity contribution in [3.05, 3.63) is 39.5 Å². The molecule has 24 heavy (non-hydrogen) atoms. The van der Waals surface area contributed by atoms with Crippen molar-refractivity contribution in [2.75, 3.05) is 22.9 Å². The molecule has 0 aliphatic carbocycles. The first-order valence-electron chi connectivity index (χ1n) is 7.56. The number of halogens is 1. The molecule has 0 spiro atoms. The number of piperidine rings is 1. The Morgan fingerprint density at radius 1 is 1.38 bits per heavy atom. The molecule has 2 aromatic rings. The topological polar surface area (TPSA) is 90.9 Å². The number of hydrogen-bond donors (Lipinski definition) is 0. The standard InChI is InChI=1S/C15H14ClN7O/c1-21-14(24)13(16)12(6-19-21)22-7-10-4-11(8-22)23(10)15-18-3-2-9(5-17)20-15/h2-3,6,10-11H,4,7-8H2,1H3. The number of nitrogens with zero attached hydrogens (tertiary/aromatic N) is 7. The Labute approximate surface area is 142 Å². The van der Waals surface area contributed by atoms with Crippen LogP contribution in [0, 0.1) is 11.3 Å². The molecule has 3 aliphatic rings. The molecule has 5 rings (SSSR count). The zero-order chi connectivity index (χ0) is 16.8. The van der Waals surface area contributed by atoms with Crippen LogP contribution in [0.25, 0.3) is 0 Å². The highest BCUT2D eigenvalue weighted by Crippen LogP contribution is 2.37. The van der Waals surface area contributed by atoms with Crippen LogP contribution in [0.15, 0.2) is 23.3 Å². The summed E-state index contributed by atoms with van der Waals surface area (Å²) in [5.41, 5.74) is 0.733. The molecule has 2 atom stereocenters. The summed E-state index contributed by atoms with van der Waals surface area (Å²) in [4.78, 5) is 24.8. The zero-order valence-corrected chi connectivity index (χ0v) is 13.7. The Morgan fingerprint density at radius 2 is 2.12 bits per heavy atom. The monoisotopic (exact) mass is 343 g/mol. The zero-order valence-electron chi connectivity index (χ0n) is 12.9. The first-order chi connectivity index (χ1) is 11.6. The van der Waals surface area contributed by atoms with Crippen LogP contribution in [0.2, 0.25) is 5.02 Å². The molecule has 0 saturated carbocycles. The predicted octanol–water partition coefficient (Wildman–Crippen LogP) is 0.563. The molecular formula is C15H14ClN7O. The van der Waals surface area contributed by atoms with Gasteiger partial charge in [0.05, 0.1) is 24.0 Å². The number of piperazine rings is 1. The summed E-state index contributed by atoms with van der Waals surface area (Å²) in [6, 6.07) is 4.10. The van der Waals surface area contributed by atoms with E-state index in [0.29, 0.717) is 30.4 Å². The van der Waals surface area contributed by atoms with Crippen molar-refractivity contribution >= 4 is 23.2 Å². The molecule has 3 aliphatic heterocycles. The van der Waals surface area contributed by atoms with Gasteiger partial charge in [-0.25, -0.2) is 14.6 Å². The van der Waals surface area contributed by atoms with Crippen LogP contribution in [0.3, 0.4) is 0 Å². The Hall–Kier alpha value is -2.66. The van der Waals surface area contributed by atoms with E-state index in [2.05, 4.69) is 24.9 Å². The largest absolute Gasteiger partial charge is 0.365 e. The Morgan fingerprint density at radius 3 is 2.83 bits per heavy atom. The van der Waals surface area contributed by atoms with Gasteiger partial charge in [0.2, 0.25) is 5.95 Å². The van der Waals surface area contributed by atoms with Gasteiger partial charge < -0.3 is 9.80 Å². The summed E-state index contributed by atoms with van der Waals surface area (Å²) in [6.07, 6.45) is 4.27. The number of rotatable bonds is 2. The Balaban J connectivity index is 1.58. The molecule has 8 nitrogen and oxygen atoms in total. The lowest BCUT2D eigenvalue weighted by atomic mass is 9.87. The molecule has 0 radical (unpaired) electrons. The van der Waals surface area contributed by atoms with E-state index in [0.717, 1.165) is 6.42 Å². The van der Waals surface area contributed by atoms with Crippen molar-refractivity contribution in [2.24, 2.45) is 7.05 Å². The highest BCUT2D eigenvalue weighted by molar-refractivity contribution is 6.33. The lowest BCUT2D eigenvalue weighted by Gasteiger charge is -2.56. The van der Waals surface area contributed by atoms with Gasteiger partial charge in [-0.3, -0.25) is 4.79 Å². The number of hydrogen-bond acceptors (Lipinski definition) is 7. The minimum atomic E-state index is -0.296. The third-order valence-corrected chi connectivity index (χ3v) is 4.94. The van der Waals surface area contributed by atoms with E-state index >= 15 is 0 Å². The molecule has 3 saturated heterocycles. The molecule has 122 valence electrons. The number of anilines is 2. The summed E-state index contributed by atoms with van der Waals surface area (Å²) in [5, 5.41) is 13.2. The van der Waals surface area contributed by atoms with Gasteiger partial charge in [0.15, 0.2) is 0 Å². The quantitative estimate of drug-likeness (QED) is 0.787. The van der Waals surface area contributed by atoms with E-state index in [9.17, 15) is 4.79 Å². The lowest BCUT2D eigenvalue weighted by molar-refractivity contribution is 0.286. The molecule has 2 aromatic heterocycles. The fraction of sp³-hybridized carbons (Fsp3) is 0.400. The maximum atomic E-state index is 12.0. The van der Waals surface area contributed by atoms with Crippen LogP contribution in [0.5, 0.6) is 0 Å². The smallest absolute Gasteiger partial charge is 0.287 e. The Bertz CT molecular complexity index is 893. The third-order valence-electron chi connectivity index (χ3n) is 4.58. The normalized spacial score (nSPS) is 22.0. The summed E-state index contributed by atoms with van der Waals surface area (Å²) < 4.78 is 1.23. The van der Waals surface area contributed by atoms with Gasteiger partial charge in [0.25, 0.3) is 5.56 Å². The van der Waals surface area contributed by atoms with Gasteiger partial charge in [0.1, 0.15) is 16.8 Å². The van der Waals surface area contributed by atoms with Crippen LogP contribution < -0.4 is 15.4 Å². The first-order valence-corrected chi connectivity index (χ1v) is 7.94. The van der Waals surface area contributed by atoms with E-state index in [-0.39, 0.29) is 22.7 Å². The van der Waals surface area contributed by atoms with Gasteiger partial charge in [0, 0.05) is 26.3 Å².